The average Bonchev–Trinajstić information content (AvgIpc) is 2.58. The summed E-state index contributed by atoms with van der Waals surface area (Å²) < 4.78 is 5.80. The Morgan fingerprint density at radius 2 is 1.41 bits per heavy atom. The molecular weight excluding hydrogens is 287 g/mol. The van der Waals surface area contributed by atoms with Gasteiger partial charge in [0, 0.05) is 5.30 Å². The van der Waals surface area contributed by atoms with Crippen molar-refractivity contribution in [2.45, 2.75) is 82.4 Å². The molecule has 0 spiro atoms. The van der Waals surface area contributed by atoms with E-state index in [1.165, 1.54) is 75.5 Å². The minimum absolute atomic E-state index is 0.0646. The molecule has 0 heterocycles. The molecule has 122 valence electrons. The van der Waals surface area contributed by atoms with Crippen LogP contribution < -0.4 is 10.0 Å². The average molecular weight is 318 g/mol. The van der Waals surface area contributed by atoms with Crippen molar-refractivity contribution in [3.05, 3.63) is 23.8 Å². The molecule has 2 saturated carbocycles. The van der Waals surface area contributed by atoms with Crippen LogP contribution >= 0.6 is 7.92 Å². The van der Waals surface area contributed by atoms with E-state index in [4.69, 9.17) is 4.74 Å². The van der Waals surface area contributed by atoms with Crippen molar-refractivity contribution in [3.8, 4) is 5.75 Å². The normalized spacial score (nSPS) is 21.2. The standard InChI is InChI=1S/C20H31OP/c1-16-10-9-15-19(21-2)20(16)22(17-11-5-3-6-12-17)18-13-7-4-8-14-18/h9-10,15,17-18H,3-8,11-14H2,1-2H3. The second-order valence-electron chi connectivity index (χ2n) is 7.12. The third-order valence-electron chi connectivity index (χ3n) is 5.62. The predicted molar refractivity (Wildman–Crippen MR) is 98.0 cm³/mol. The van der Waals surface area contributed by atoms with Crippen LogP contribution in [-0.2, 0) is 0 Å². The highest BCUT2D eigenvalue weighted by Crippen LogP contribution is 2.56. The first-order chi connectivity index (χ1) is 10.8. The first-order valence-electron chi connectivity index (χ1n) is 9.23. The molecule has 2 aliphatic carbocycles. The number of ether oxygens (including phenoxy) is 1. The van der Waals surface area contributed by atoms with E-state index in [2.05, 4.69) is 25.1 Å². The molecule has 1 aromatic rings. The molecule has 2 fully saturated rings. The molecule has 0 radical (unpaired) electrons. The molecule has 3 rings (SSSR count). The summed E-state index contributed by atoms with van der Waals surface area (Å²) in [5.41, 5.74) is 3.37. The van der Waals surface area contributed by atoms with Gasteiger partial charge >= 0.3 is 0 Å². The van der Waals surface area contributed by atoms with Gasteiger partial charge in [-0.25, -0.2) is 0 Å². The van der Waals surface area contributed by atoms with Gasteiger partial charge in [-0.15, -0.1) is 0 Å². The quantitative estimate of drug-likeness (QED) is 0.640. The maximum atomic E-state index is 5.80. The van der Waals surface area contributed by atoms with Crippen LogP contribution in [0.2, 0.25) is 0 Å². The lowest BCUT2D eigenvalue weighted by atomic mass is 9.99. The molecule has 0 bridgehead atoms. The van der Waals surface area contributed by atoms with E-state index in [0.29, 0.717) is 0 Å². The summed E-state index contributed by atoms with van der Waals surface area (Å²) in [5, 5.41) is 1.61. The summed E-state index contributed by atoms with van der Waals surface area (Å²) in [7, 11) is 1.79. The van der Waals surface area contributed by atoms with Crippen molar-refractivity contribution in [1.82, 2.24) is 0 Å². The number of rotatable bonds is 4. The Kier molecular flexibility index (Phi) is 5.80. The molecule has 0 saturated heterocycles. The van der Waals surface area contributed by atoms with Gasteiger partial charge in [0.2, 0.25) is 0 Å². The van der Waals surface area contributed by atoms with Crippen LogP contribution in [0.15, 0.2) is 18.2 Å². The van der Waals surface area contributed by atoms with Crippen LogP contribution in [0.5, 0.6) is 5.75 Å². The van der Waals surface area contributed by atoms with E-state index < -0.39 is 0 Å². The Morgan fingerprint density at radius 1 is 0.864 bits per heavy atom. The van der Waals surface area contributed by atoms with E-state index in [1.54, 1.807) is 5.30 Å². The Balaban J connectivity index is 1.96. The highest BCUT2D eigenvalue weighted by molar-refractivity contribution is 7.67. The van der Waals surface area contributed by atoms with E-state index >= 15 is 0 Å². The molecular formula is C20H31OP. The van der Waals surface area contributed by atoms with Crippen molar-refractivity contribution >= 4 is 13.2 Å². The predicted octanol–water partition coefficient (Wildman–Crippen LogP) is 5.78. The van der Waals surface area contributed by atoms with Crippen molar-refractivity contribution in [3.63, 3.8) is 0 Å². The molecule has 2 aliphatic rings. The van der Waals surface area contributed by atoms with E-state index in [-0.39, 0.29) is 7.92 Å². The first-order valence-corrected chi connectivity index (χ1v) is 10.7. The number of aryl methyl sites for hydroxylation is 1. The molecule has 2 heteroatoms. The summed E-state index contributed by atoms with van der Waals surface area (Å²) in [5.74, 6) is 1.17. The fraction of sp³-hybridized carbons (Fsp3) is 0.700. The van der Waals surface area contributed by atoms with Crippen LogP contribution in [0.25, 0.3) is 0 Å². The van der Waals surface area contributed by atoms with Gasteiger partial charge in [-0.1, -0.05) is 58.6 Å². The van der Waals surface area contributed by atoms with Gasteiger partial charge in [0.25, 0.3) is 0 Å². The van der Waals surface area contributed by atoms with Gasteiger partial charge in [0.05, 0.1) is 7.11 Å². The fourth-order valence-corrected chi connectivity index (χ4v) is 8.58. The largest absolute Gasteiger partial charge is 0.496 e. The monoisotopic (exact) mass is 318 g/mol. The van der Waals surface area contributed by atoms with Gasteiger partial charge in [0.15, 0.2) is 0 Å². The maximum absolute atomic E-state index is 5.80. The van der Waals surface area contributed by atoms with Crippen LogP contribution in [0, 0.1) is 6.92 Å². The fourth-order valence-electron chi connectivity index (χ4n) is 4.51. The maximum Gasteiger partial charge on any atom is 0.126 e. The topological polar surface area (TPSA) is 9.23 Å². The third kappa shape index (κ3) is 3.51. The molecule has 1 aromatic carbocycles. The SMILES string of the molecule is COc1cccc(C)c1P(C1CCCCC1)C1CCCCC1. The van der Waals surface area contributed by atoms with Crippen LogP contribution in [0.4, 0.5) is 0 Å². The zero-order chi connectivity index (χ0) is 15.4. The molecule has 0 unspecified atom stereocenters. The Labute approximate surface area is 137 Å². The molecule has 0 atom stereocenters. The van der Waals surface area contributed by atoms with Crippen molar-refractivity contribution in [2.75, 3.05) is 7.11 Å². The Morgan fingerprint density at radius 3 is 1.91 bits per heavy atom. The smallest absolute Gasteiger partial charge is 0.126 e. The van der Waals surface area contributed by atoms with Crippen molar-refractivity contribution < 1.29 is 4.74 Å². The molecule has 22 heavy (non-hydrogen) atoms. The Hall–Kier alpha value is -0.550. The molecule has 1 nitrogen and oxygen atoms in total. The van der Waals surface area contributed by atoms with Crippen molar-refractivity contribution in [1.29, 1.82) is 0 Å². The van der Waals surface area contributed by atoms with Gasteiger partial charge in [-0.3, -0.25) is 0 Å². The van der Waals surface area contributed by atoms with Crippen molar-refractivity contribution in [2.24, 2.45) is 0 Å². The zero-order valence-electron chi connectivity index (χ0n) is 14.3. The Bertz CT molecular complexity index is 455. The van der Waals surface area contributed by atoms with Gasteiger partial charge < -0.3 is 4.74 Å². The van der Waals surface area contributed by atoms with E-state index in [1.807, 2.05) is 7.11 Å². The van der Waals surface area contributed by atoms with Gasteiger partial charge in [-0.2, -0.15) is 0 Å². The van der Waals surface area contributed by atoms with Crippen LogP contribution in [0.1, 0.15) is 69.8 Å². The summed E-state index contributed by atoms with van der Waals surface area (Å²) in [6.45, 7) is 2.30. The minimum atomic E-state index is -0.0646. The summed E-state index contributed by atoms with van der Waals surface area (Å²) in [6, 6.07) is 6.66. The number of hydrogen-bond acceptors (Lipinski definition) is 1. The van der Waals surface area contributed by atoms with Gasteiger partial charge in [0.1, 0.15) is 5.75 Å². The molecule has 0 aliphatic heterocycles. The van der Waals surface area contributed by atoms with E-state index in [9.17, 15) is 0 Å². The lowest BCUT2D eigenvalue weighted by Crippen LogP contribution is -2.28. The molecule has 0 aromatic heterocycles. The minimum Gasteiger partial charge on any atom is -0.496 e. The zero-order valence-corrected chi connectivity index (χ0v) is 15.2. The summed E-state index contributed by atoms with van der Waals surface area (Å²) in [4.78, 5) is 0. The first kappa shape index (κ1) is 16.3. The number of hydrogen-bond donors (Lipinski definition) is 0. The van der Waals surface area contributed by atoms with E-state index in [0.717, 1.165) is 11.3 Å². The third-order valence-corrected chi connectivity index (χ3v) is 9.31. The highest BCUT2D eigenvalue weighted by atomic mass is 31.1. The number of benzene rings is 1. The second kappa shape index (κ2) is 7.82. The second-order valence-corrected chi connectivity index (χ2v) is 9.84. The molecule has 0 N–H and O–H groups in total. The summed E-state index contributed by atoms with van der Waals surface area (Å²) in [6.07, 6.45) is 14.5. The molecule has 0 amide bonds. The lowest BCUT2D eigenvalue weighted by Gasteiger charge is -2.39. The lowest BCUT2D eigenvalue weighted by molar-refractivity contribution is 0.417. The highest BCUT2D eigenvalue weighted by Gasteiger charge is 2.34. The number of methoxy groups -OCH3 is 1. The van der Waals surface area contributed by atoms with Crippen LogP contribution in [-0.4, -0.2) is 18.4 Å². The summed E-state index contributed by atoms with van der Waals surface area (Å²) >= 11 is 0. The van der Waals surface area contributed by atoms with Gasteiger partial charge in [-0.05, 0) is 55.6 Å². The van der Waals surface area contributed by atoms with Crippen LogP contribution in [0.3, 0.4) is 0 Å².